The third kappa shape index (κ3) is 3.53. The SMILES string of the molecule is CCCCCC(=O)[N+]1([C@H]2C[C@H](O)[C@@H](CO)O2)CC(C)(C)C(N)N(C)C1=O. The lowest BCUT2D eigenvalue weighted by molar-refractivity contribution is -0.843. The molecular formula is C18H34N3O5+. The zero-order chi connectivity index (χ0) is 19.7. The highest BCUT2D eigenvalue weighted by molar-refractivity contribution is 5.84. The lowest BCUT2D eigenvalue weighted by atomic mass is 9.84. The van der Waals surface area contributed by atoms with Crippen molar-refractivity contribution in [2.24, 2.45) is 11.1 Å². The number of carbonyl (C=O) groups is 2. The first-order valence-electron chi connectivity index (χ1n) is 9.50. The first-order valence-corrected chi connectivity index (χ1v) is 9.50. The number of imide groups is 1. The van der Waals surface area contributed by atoms with E-state index in [1.54, 1.807) is 7.05 Å². The number of nitrogens with two attached hydrogens (primary N) is 1. The summed E-state index contributed by atoms with van der Waals surface area (Å²) in [6.07, 6.45) is -0.00123. The molecule has 0 radical (unpaired) electrons. The smallest absolute Gasteiger partial charge is 0.394 e. The highest BCUT2D eigenvalue weighted by Crippen LogP contribution is 2.40. The van der Waals surface area contributed by atoms with Gasteiger partial charge >= 0.3 is 11.9 Å². The molecule has 0 bridgehead atoms. The fraction of sp³-hybridized carbons (Fsp3) is 0.889. The predicted molar refractivity (Wildman–Crippen MR) is 95.6 cm³/mol. The van der Waals surface area contributed by atoms with Gasteiger partial charge in [0, 0.05) is 12.5 Å². The first-order chi connectivity index (χ1) is 12.1. The van der Waals surface area contributed by atoms with Crippen molar-refractivity contribution in [2.75, 3.05) is 20.2 Å². The Hall–Kier alpha value is -1.06. The van der Waals surface area contributed by atoms with Gasteiger partial charge in [-0.1, -0.05) is 33.6 Å². The van der Waals surface area contributed by atoms with E-state index < -0.39 is 40.5 Å². The molecule has 2 aliphatic rings. The van der Waals surface area contributed by atoms with E-state index in [1.807, 2.05) is 13.8 Å². The number of carbonyl (C=O) groups excluding carboxylic acids is 2. The molecule has 3 amide bonds. The van der Waals surface area contributed by atoms with E-state index in [0.717, 1.165) is 12.8 Å². The van der Waals surface area contributed by atoms with Crippen LogP contribution >= 0.6 is 0 Å². The fourth-order valence-electron chi connectivity index (χ4n) is 4.19. The lowest BCUT2D eigenvalue weighted by Gasteiger charge is -2.51. The largest absolute Gasteiger partial charge is 0.429 e. The molecule has 8 heteroatoms. The van der Waals surface area contributed by atoms with Crippen molar-refractivity contribution in [3.8, 4) is 0 Å². The zero-order valence-corrected chi connectivity index (χ0v) is 16.4. The van der Waals surface area contributed by atoms with Crippen molar-refractivity contribution in [1.82, 2.24) is 4.90 Å². The van der Waals surface area contributed by atoms with Crippen LogP contribution in [0.25, 0.3) is 0 Å². The zero-order valence-electron chi connectivity index (χ0n) is 16.4. The number of urea groups is 1. The van der Waals surface area contributed by atoms with Crippen molar-refractivity contribution < 1.29 is 29.0 Å². The molecule has 8 nitrogen and oxygen atoms in total. The minimum absolute atomic E-state index is 0.135. The summed E-state index contributed by atoms with van der Waals surface area (Å²) in [5, 5.41) is 19.6. The van der Waals surface area contributed by atoms with E-state index in [4.69, 9.17) is 10.5 Å². The molecule has 2 saturated heterocycles. The quantitative estimate of drug-likeness (QED) is 0.468. The van der Waals surface area contributed by atoms with Gasteiger partial charge in [0.25, 0.3) is 0 Å². The van der Waals surface area contributed by atoms with E-state index >= 15 is 0 Å². The topological polar surface area (TPSA) is 113 Å². The second-order valence-electron chi connectivity index (χ2n) is 8.32. The monoisotopic (exact) mass is 372 g/mol. The molecule has 2 unspecified atom stereocenters. The van der Waals surface area contributed by atoms with Gasteiger partial charge in [-0.3, -0.25) is 4.90 Å². The fourth-order valence-corrected chi connectivity index (χ4v) is 4.19. The Morgan fingerprint density at radius 3 is 2.62 bits per heavy atom. The second-order valence-corrected chi connectivity index (χ2v) is 8.32. The highest BCUT2D eigenvalue weighted by atomic mass is 16.6. The molecule has 0 aliphatic carbocycles. The Labute approximate surface area is 155 Å². The number of amides is 3. The number of ether oxygens (including phenoxy) is 1. The summed E-state index contributed by atoms with van der Waals surface area (Å²) in [4.78, 5) is 28.0. The van der Waals surface area contributed by atoms with Crippen LogP contribution in [-0.2, 0) is 9.53 Å². The van der Waals surface area contributed by atoms with E-state index in [9.17, 15) is 19.8 Å². The van der Waals surface area contributed by atoms with Crippen LogP contribution in [0, 0.1) is 5.41 Å². The third-order valence-electron chi connectivity index (χ3n) is 5.83. The molecule has 150 valence electrons. The minimum atomic E-state index is -0.903. The number of hydrogen-bond acceptors (Lipinski definition) is 6. The van der Waals surface area contributed by atoms with Gasteiger partial charge in [0.2, 0.25) is 6.23 Å². The first kappa shape index (κ1) is 21.2. The number of aliphatic hydroxyl groups excluding tert-OH is 2. The predicted octanol–water partition coefficient (Wildman–Crippen LogP) is 0.755. The van der Waals surface area contributed by atoms with Crippen LogP contribution in [0.15, 0.2) is 0 Å². The summed E-state index contributed by atoms with van der Waals surface area (Å²) >= 11 is 0. The average Bonchev–Trinajstić information content (AvgIpc) is 2.97. The molecule has 0 aromatic heterocycles. The Balaban J connectivity index is 2.42. The van der Waals surface area contributed by atoms with Crippen molar-refractivity contribution in [1.29, 1.82) is 0 Å². The van der Waals surface area contributed by atoms with Crippen LogP contribution in [0.1, 0.15) is 52.9 Å². The van der Waals surface area contributed by atoms with Crippen LogP contribution in [0.5, 0.6) is 0 Å². The second kappa shape index (κ2) is 7.90. The molecule has 2 aliphatic heterocycles. The summed E-state index contributed by atoms with van der Waals surface area (Å²) in [5.41, 5.74) is 5.72. The summed E-state index contributed by atoms with van der Waals surface area (Å²) in [7, 11) is 1.61. The van der Waals surface area contributed by atoms with Gasteiger partial charge in [-0.2, -0.15) is 4.48 Å². The molecule has 0 aromatic rings. The van der Waals surface area contributed by atoms with Gasteiger partial charge in [0.15, 0.2) is 0 Å². The highest BCUT2D eigenvalue weighted by Gasteiger charge is 2.63. The number of unbranched alkanes of at least 4 members (excludes halogenated alkanes) is 2. The van der Waals surface area contributed by atoms with E-state index in [2.05, 4.69) is 6.92 Å². The van der Waals surface area contributed by atoms with Crippen molar-refractivity contribution in [3.05, 3.63) is 0 Å². The molecular weight excluding hydrogens is 338 g/mol. The molecule has 26 heavy (non-hydrogen) atoms. The Morgan fingerprint density at radius 2 is 2.08 bits per heavy atom. The summed E-state index contributed by atoms with van der Waals surface area (Å²) in [5.74, 6) is -0.203. The minimum Gasteiger partial charge on any atom is -0.394 e. The Bertz CT molecular complexity index is 541. The average molecular weight is 372 g/mol. The van der Waals surface area contributed by atoms with E-state index in [-0.39, 0.29) is 31.9 Å². The van der Waals surface area contributed by atoms with Crippen molar-refractivity contribution in [3.63, 3.8) is 0 Å². The number of quaternary nitrogens is 1. The Morgan fingerprint density at radius 1 is 1.42 bits per heavy atom. The molecule has 4 N–H and O–H groups in total. The lowest BCUT2D eigenvalue weighted by Crippen LogP contribution is -2.77. The standard InChI is InChI=1S/C18H34N3O5/c1-5-6-7-8-14(24)21(15-9-12(23)13(10-22)26-15)11-18(2,3)16(19)20(4)17(21)25/h12-13,15-16,22-23H,5-11,19H2,1-4H3/q+1/t12-,13+,15+,16?,21?/m0/s1. The van der Waals surface area contributed by atoms with E-state index in [0.29, 0.717) is 6.42 Å². The normalized spacial score (nSPS) is 37.2. The number of nitrogens with zero attached hydrogens (tertiary/aromatic N) is 2. The van der Waals surface area contributed by atoms with Gasteiger partial charge in [-0.25, -0.2) is 9.59 Å². The summed E-state index contributed by atoms with van der Waals surface area (Å²) in [6, 6.07) is -0.394. The van der Waals surface area contributed by atoms with Crippen molar-refractivity contribution >= 4 is 11.9 Å². The number of rotatable bonds is 6. The van der Waals surface area contributed by atoms with Crippen LogP contribution in [0.3, 0.4) is 0 Å². The molecule has 5 atom stereocenters. The molecule has 0 spiro atoms. The van der Waals surface area contributed by atoms with Gasteiger partial charge in [-0.15, -0.1) is 0 Å². The molecule has 2 rings (SSSR count). The number of hydrogen-bond donors (Lipinski definition) is 3. The number of aliphatic hydroxyl groups is 2. The van der Waals surface area contributed by atoms with Gasteiger partial charge in [-0.05, 0) is 6.42 Å². The maximum atomic E-state index is 13.3. The molecule has 2 heterocycles. The van der Waals surface area contributed by atoms with Gasteiger partial charge in [0.05, 0.1) is 31.7 Å². The summed E-state index contributed by atoms with van der Waals surface area (Å²) < 4.78 is 5.31. The third-order valence-corrected chi connectivity index (χ3v) is 5.83. The molecule has 2 fully saturated rings. The molecule has 0 saturated carbocycles. The molecule has 0 aromatic carbocycles. The van der Waals surface area contributed by atoms with E-state index in [1.165, 1.54) is 4.90 Å². The van der Waals surface area contributed by atoms with Crippen LogP contribution in [0.2, 0.25) is 0 Å². The van der Waals surface area contributed by atoms with Crippen LogP contribution in [-0.4, -0.2) is 76.3 Å². The van der Waals surface area contributed by atoms with Gasteiger partial charge in [0.1, 0.15) is 12.6 Å². The van der Waals surface area contributed by atoms with Crippen LogP contribution in [0.4, 0.5) is 4.79 Å². The van der Waals surface area contributed by atoms with Gasteiger partial charge < -0.3 is 20.7 Å². The van der Waals surface area contributed by atoms with Crippen molar-refractivity contribution in [2.45, 2.75) is 77.5 Å². The summed E-state index contributed by atoms with van der Waals surface area (Å²) in [6.45, 7) is 5.79. The maximum Gasteiger partial charge on any atom is 0.429 e. The maximum absolute atomic E-state index is 13.3. The van der Waals surface area contributed by atoms with Crippen LogP contribution < -0.4 is 5.73 Å². The Kier molecular flexibility index (Phi) is 6.45.